The van der Waals surface area contributed by atoms with E-state index in [4.69, 9.17) is 19.0 Å². The molecule has 3 aromatic rings. The zero-order chi connectivity index (χ0) is 24.9. The summed E-state index contributed by atoms with van der Waals surface area (Å²) in [7, 11) is 0. The van der Waals surface area contributed by atoms with Crippen molar-refractivity contribution < 1.29 is 59.5 Å². The van der Waals surface area contributed by atoms with Gasteiger partial charge in [-0.05, 0) is 18.2 Å². The van der Waals surface area contributed by atoms with Crippen molar-refractivity contribution in [2.45, 2.75) is 30.7 Å². The molecule has 13 heteroatoms. The Bertz CT molecular complexity index is 1330. The summed E-state index contributed by atoms with van der Waals surface area (Å²) in [5, 5.41) is 78.3. The van der Waals surface area contributed by atoms with E-state index in [-0.39, 0.29) is 16.9 Å². The molecule has 0 unspecified atom stereocenters. The average Bonchev–Trinajstić information content (AvgIpc) is 2.78. The van der Waals surface area contributed by atoms with E-state index in [2.05, 4.69) is 0 Å². The summed E-state index contributed by atoms with van der Waals surface area (Å²) < 4.78 is 15.8. The van der Waals surface area contributed by atoms with E-state index in [1.807, 2.05) is 0 Å². The lowest BCUT2D eigenvalue weighted by Crippen LogP contribution is -2.61. The molecule has 0 bridgehead atoms. The van der Waals surface area contributed by atoms with E-state index in [0.29, 0.717) is 0 Å². The first-order valence-corrected chi connectivity index (χ1v) is 9.64. The van der Waals surface area contributed by atoms with Gasteiger partial charge in [0, 0.05) is 17.7 Å². The Morgan fingerprint density at radius 1 is 0.882 bits per heavy atom. The van der Waals surface area contributed by atoms with Crippen LogP contribution in [0.5, 0.6) is 28.7 Å². The largest absolute Gasteiger partial charge is 0.504 e. The number of fused-ring (bicyclic) bond motifs is 1. The molecule has 34 heavy (non-hydrogen) atoms. The minimum absolute atomic E-state index is 0.0951. The second kappa shape index (κ2) is 8.39. The van der Waals surface area contributed by atoms with E-state index < -0.39 is 76.2 Å². The highest BCUT2D eigenvalue weighted by atomic mass is 16.7. The lowest BCUT2D eigenvalue weighted by molar-refractivity contribution is -0.271. The molecule has 2 aromatic carbocycles. The van der Waals surface area contributed by atoms with Crippen LogP contribution in [0.1, 0.15) is 0 Å². The van der Waals surface area contributed by atoms with Crippen molar-refractivity contribution in [1.29, 1.82) is 0 Å². The second-order valence-corrected chi connectivity index (χ2v) is 7.48. The molecule has 1 fully saturated rings. The maximum Gasteiger partial charge on any atom is 0.335 e. The van der Waals surface area contributed by atoms with Crippen LogP contribution in [0.15, 0.2) is 39.5 Å². The summed E-state index contributed by atoms with van der Waals surface area (Å²) in [4.78, 5) is 23.8. The Morgan fingerprint density at radius 3 is 2.24 bits per heavy atom. The van der Waals surface area contributed by atoms with Crippen LogP contribution in [0.25, 0.3) is 22.3 Å². The molecule has 8 N–H and O–H groups in total. The van der Waals surface area contributed by atoms with Gasteiger partial charge in [-0.3, -0.25) is 4.79 Å². The highest BCUT2D eigenvalue weighted by Gasteiger charge is 2.48. The number of aromatic hydroxyl groups is 4. The van der Waals surface area contributed by atoms with Crippen molar-refractivity contribution in [2.24, 2.45) is 0 Å². The van der Waals surface area contributed by atoms with E-state index in [1.54, 1.807) is 0 Å². The number of aliphatic carboxylic acids is 1. The van der Waals surface area contributed by atoms with Crippen LogP contribution in [0.3, 0.4) is 0 Å². The zero-order valence-corrected chi connectivity index (χ0v) is 16.9. The molecule has 1 aliphatic heterocycles. The SMILES string of the molecule is O=C(O)[C@H]1O[C@@H](Oc2cc3oc(-c4ccc(O)c(O)c4)cc(=O)c3c(O)c2O)[C@H](O)[C@H](O)[C@@H]1O. The van der Waals surface area contributed by atoms with Gasteiger partial charge in [-0.15, -0.1) is 0 Å². The molecule has 0 spiro atoms. The van der Waals surface area contributed by atoms with E-state index >= 15 is 0 Å². The maximum absolute atomic E-state index is 12.6. The predicted octanol–water partition coefficient (Wildman–Crippen LogP) is -0.447. The third kappa shape index (κ3) is 3.82. The molecule has 0 radical (unpaired) electrons. The normalized spacial score (nSPS) is 24.7. The number of phenolic OH excluding ortho intramolecular Hbond substituents is 4. The Balaban J connectivity index is 1.78. The number of carboxylic acids is 1. The molecule has 1 aromatic heterocycles. The summed E-state index contributed by atoms with van der Waals surface area (Å²) in [6, 6.07) is 5.51. The Kier molecular flexibility index (Phi) is 5.70. The first-order chi connectivity index (χ1) is 16.0. The van der Waals surface area contributed by atoms with Gasteiger partial charge in [0.25, 0.3) is 0 Å². The van der Waals surface area contributed by atoms with Crippen LogP contribution in [0.2, 0.25) is 0 Å². The average molecular weight is 478 g/mol. The number of hydrogen-bond donors (Lipinski definition) is 8. The monoisotopic (exact) mass is 478 g/mol. The molecule has 13 nitrogen and oxygen atoms in total. The third-order valence-electron chi connectivity index (χ3n) is 5.25. The van der Waals surface area contributed by atoms with Crippen LogP contribution in [0, 0.1) is 0 Å². The summed E-state index contributed by atoms with van der Waals surface area (Å²) in [6.07, 6.45) is -9.81. The van der Waals surface area contributed by atoms with Crippen LogP contribution < -0.4 is 10.2 Å². The first kappa shape index (κ1) is 23.1. The number of carboxylic acid groups (broad SMARTS) is 1. The van der Waals surface area contributed by atoms with Gasteiger partial charge in [0.15, 0.2) is 34.5 Å². The number of hydrogen-bond acceptors (Lipinski definition) is 12. The first-order valence-electron chi connectivity index (χ1n) is 9.64. The highest BCUT2D eigenvalue weighted by molar-refractivity contribution is 5.89. The van der Waals surface area contributed by atoms with Crippen LogP contribution in [0.4, 0.5) is 0 Å². The number of rotatable bonds is 4. The summed E-state index contributed by atoms with van der Waals surface area (Å²) in [5.41, 5.74) is -0.931. The Labute approximate surface area is 188 Å². The number of aliphatic hydroxyl groups excluding tert-OH is 3. The van der Waals surface area contributed by atoms with Crippen molar-refractivity contribution in [2.75, 3.05) is 0 Å². The van der Waals surface area contributed by atoms with Crippen LogP contribution in [-0.2, 0) is 9.53 Å². The van der Waals surface area contributed by atoms with E-state index in [9.17, 15) is 45.3 Å². The Morgan fingerprint density at radius 2 is 1.59 bits per heavy atom. The van der Waals surface area contributed by atoms with Gasteiger partial charge in [-0.2, -0.15) is 0 Å². The molecular weight excluding hydrogens is 460 g/mol. The van der Waals surface area contributed by atoms with Crippen molar-refractivity contribution >= 4 is 16.9 Å². The smallest absolute Gasteiger partial charge is 0.335 e. The second-order valence-electron chi connectivity index (χ2n) is 7.48. The van der Waals surface area contributed by atoms with Gasteiger partial charge in [-0.1, -0.05) is 0 Å². The molecule has 1 aliphatic rings. The number of carbonyl (C=O) groups is 1. The van der Waals surface area contributed by atoms with Gasteiger partial charge in [-0.25, -0.2) is 4.79 Å². The zero-order valence-electron chi connectivity index (χ0n) is 16.9. The van der Waals surface area contributed by atoms with Crippen molar-refractivity contribution in [3.63, 3.8) is 0 Å². The minimum atomic E-state index is -1.98. The Hall–Kier alpha value is -4.04. The standard InChI is InChI=1S/C21H18O13/c22-7-2-1-6(3-8(7)23)10-4-9(24)13-11(32-10)5-12(14(25)15(13)26)33-21-18(29)16(27)17(28)19(34-21)20(30)31/h1-5,16-19,21-23,25-29H,(H,30,31)/t16-,17+,18-,19+,21-/m1/s1. The van der Waals surface area contributed by atoms with Gasteiger partial charge >= 0.3 is 5.97 Å². The van der Waals surface area contributed by atoms with Gasteiger partial charge in [0.1, 0.15) is 35.0 Å². The van der Waals surface area contributed by atoms with Crippen LogP contribution >= 0.6 is 0 Å². The highest BCUT2D eigenvalue weighted by Crippen LogP contribution is 2.43. The third-order valence-corrected chi connectivity index (χ3v) is 5.25. The summed E-state index contributed by atoms with van der Waals surface area (Å²) in [6.45, 7) is 0. The van der Waals surface area contributed by atoms with E-state index in [1.165, 1.54) is 6.07 Å². The molecule has 0 amide bonds. The molecule has 4 rings (SSSR count). The fourth-order valence-electron chi connectivity index (χ4n) is 3.45. The minimum Gasteiger partial charge on any atom is -0.504 e. The van der Waals surface area contributed by atoms with Gasteiger partial charge in [0.05, 0.1) is 0 Å². The van der Waals surface area contributed by atoms with Crippen molar-refractivity contribution in [1.82, 2.24) is 0 Å². The lowest BCUT2D eigenvalue weighted by Gasteiger charge is -2.38. The number of ether oxygens (including phenoxy) is 2. The quantitative estimate of drug-likeness (QED) is 0.223. The van der Waals surface area contributed by atoms with Crippen molar-refractivity contribution in [3.05, 3.63) is 40.6 Å². The summed E-state index contributed by atoms with van der Waals surface area (Å²) in [5.74, 6) is -5.21. The number of phenols is 4. The van der Waals surface area contributed by atoms with Gasteiger partial charge < -0.3 is 54.7 Å². The maximum atomic E-state index is 12.6. The van der Waals surface area contributed by atoms with Crippen LogP contribution in [-0.4, -0.2) is 77.5 Å². The predicted molar refractivity (Wildman–Crippen MR) is 110 cm³/mol. The molecule has 0 saturated carbocycles. The molecule has 180 valence electrons. The molecule has 0 aliphatic carbocycles. The molecular formula is C21H18O13. The lowest BCUT2D eigenvalue weighted by atomic mass is 9.99. The number of benzene rings is 2. The van der Waals surface area contributed by atoms with Gasteiger partial charge in [0.2, 0.25) is 12.0 Å². The molecule has 2 heterocycles. The molecule has 1 saturated heterocycles. The van der Waals surface area contributed by atoms with E-state index in [0.717, 1.165) is 24.3 Å². The number of aliphatic hydroxyl groups is 3. The topological polar surface area (TPSA) is 228 Å². The fraction of sp³-hybridized carbons (Fsp3) is 0.238. The molecule has 5 atom stereocenters. The van der Waals surface area contributed by atoms with Crippen molar-refractivity contribution in [3.8, 4) is 40.1 Å². The fourth-order valence-corrected chi connectivity index (χ4v) is 3.45. The summed E-state index contributed by atoms with van der Waals surface area (Å²) >= 11 is 0.